The molecular weight excluding hydrogens is 196 g/mol. The Hall–Kier alpha value is -1.71. The van der Waals surface area contributed by atoms with E-state index in [1.165, 1.54) is 0 Å². The SMILES string of the molecule is C=C(C)CC(=O)OC(=O)C(=O)CC(=C)C. The second-order valence-corrected chi connectivity index (χ2v) is 3.45. The number of carbonyl (C=O) groups excluding carboxylic acids is 3. The van der Waals surface area contributed by atoms with Crippen LogP contribution in [0.4, 0.5) is 0 Å². The molecular formula is C11H14O4. The third kappa shape index (κ3) is 6.37. The van der Waals surface area contributed by atoms with Crippen LogP contribution in [0.3, 0.4) is 0 Å². The monoisotopic (exact) mass is 210 g/mol. The number of hydrogen-bond acceptors (Lipinski definition) is 4. The lowest BCUT2D eigenvalue weighted by molar-refractivity contribution is -0.163. The van der Waals surface area contributed by atoms with Crippen LogP contribution in [-0.4, -0.2) is 17.7 Å². The summed E-state index contributed by atoms with van der Waals surface area (Å²) in [5.41, 5.74) is 1.12. The van der Waals surface area contributed by atoms with Crippen molar-refractivity contribution >= 4 is 17.7 Å². The van der Waals surface area contributed by atoms with Crippen molar-refractivity contribution in [2.45, 2.75) is 26.7 Å². The van der Waals surface area contributed by atoms with Crippen LogP contribution < -0.4 is 0 Å². The zero-order valence-electron chi connectivity index (χ0n) is 8.96. The molecule has 0 atom stereocenters. The number of ketones is 1. The molecule has 0 heterocycles. The number of esters is 2. The van der Waals surface area contributed by atoms with Gasteiger partial charge in [-0.2, -0.15) is 0 Å². The van der Waals surface area contributed by atoms with Crippen LogP contribution in [0.25, 0.3) is 0 Å². The van der Waals surface area contributed by atoms with E-state index in [9.17, 15) is 14.4 Å². The second-order valence-electron chi connectivity index (χ2n) is 3.45. The van der Waals surface area contributed by atoms with Crippen molar-refractivity contribution in [1.82, 2.24) is 0 Å². The van der Waals surface area contributed by atoms with E-state index in [-0.39, 0.29) is 12.8 Å². The number of carbonyl (C=O) groups is 3. The smallest absolute Gasteiger partial charge is 0.382 e. The molecule has 4 nitrogen and oxygen atoms in total. The molecule has 0 unspecified atom stereocenters. The van der Waals surface area contributed by atoms with Gasteiger partial charge in [-0.1, -0.05) is 24.3 Å². The molecule has 0 aliphatic heterocycles. The fourth-order valence-corrected chi connectivity index (χ4v) is 0.789. The van der Waals surface area contributed by atoms with Crippen LogP contribution in [0.1, 0.15) is 26.7 Å². The Labute approximate surface area is 88.6 Å². The Bertz CT molecular complexity index is 325. The Balaban J connectivity index is 4.13. The van der Waals surface area contributed by atoms with E-state index in [1.807, 2.05) is 0 Å². The van der Waals surface area contributed by atoms with Crippen molar-refractivity contribution in [3.05, 3.63) is 24.3 Å². The largest absolute Gasteiger partial charge is 0.387 e. The van der Waals surface area contributed by atoms with Gasteiger partial charge >= 0.3 is 11.9 Å². The molecule has 0 N–H and O–H groups in total. The highest BCUT2D eigenvalue weighted by atomic mass is 16.6. The van der Waals surface area contributed by atoms with E-state index in [0.717, 1.165) is 0 Å². The molecule has 0 saturated carbocycles. The summed E-state index contributed by atoms with van der Waals surface area (Å²) < 4.78 is 4.29. The lowest BCUT2D eigenvalue weighted by Crippen LogP contribution is -2.21. The molecule has 82 valence electrons. The van der Waals surface area contributed by atoms with E-state index in [2.05, 4.69) is 17.9 Å². The predicted octanol–water partition coefficient (Wildman–Crippen LogP) is 1.56. The first-order valence-corrected chi connectivity index (χ1v) is 4.39. The summed E-state index contributed by atoms with van der Waals surface area (Å²) in [7, 11) is 0. The first kappa shape index (κ1) is 13.3. The first-order valence-electron chi connectivity index (χ1n) is 4.39. The van der Waals surface area contributed by atoms with Crippen LogP contribution in [-0.2, 0) is 19.1 Å². The van der Waals surface area contributed by atoms with Gasteiger partial charge in [0.2, 0.25) is 5.78 Å². The number of Topliss-reactive ketones (excluding diaryl/α,β-unsaturated/α-hetero) is 1. The van der Waals surface area contributed by atoms with Gasteiger partial charge in [0.15, 0.2) is 0 Å². The summed E-state index contributed by atoms with van der Waals surface area (Å²) >= 11 is 0. The Morgan fingerprint density at radius 1 is 1.00 bits per heavy atom. The normalized spacial score (nSPS) is 9.20. The first-order chi connectivity index (χ1) is 6.82. The molecule has 0 radical (unpaired) electrons. The van der Waals surface area contributed by atoms with Crippen molar-refractivity contribution in [2.75, 3.05) is 0 Å². The molecule has 0 saturated heterocycles. The van der Waals surface area contributed by atoms with Crippen molar-refractivity contribution in [3.63, 3.8) is 0 Å². The molecule has 0 fully saturated rings. The van der Waals surface area contributed by atoms with Crippen molar-refractivity contribution < 1.29 is 19.1 Å². The fraction of sp³-hybridized carbons (Fsp3) is 0.364. The van der Waals surface area contributed by atoms with Crippen molar-refractivity contribution in [2.24, 2.45) is 0 Å². The number of rotatable bonds is 5. The Morgan fingerprint density at radius 3 is 1.87 bits per heavy atom. The summed E-state index contributed by atoms with van der Waals surface area (Å²) in [6.07, 6.45) is -0.161. The summed E-state index contributed by atoms with van der Waals surface area (Å²) in [6.45, 7) is 10.2. The molecule has 0 aliphatic carbocycles. The summed E-state index contributed by atoms with van der Waals surface area (Å²) in [5.74, 6) is -2.66. The van der Waals surface area contributed by atoms with Gasteiger partial charge in [-0.25, -0.2) is 4.79 Å². The minimum absolute atomic E-state index is 0.0634. The molecule has 0 aromatic heterocycles. The summed E-state index contributed by atoms with van der Waals surface area (Å²) in [5, 5.41) is 0. The molecule has 0 aromatic carbocycles. The predicted molar refractivity (Wildman–Crippen MR) is 55.0 cm³/mol. The van der Waals surface area contributed by atoms with E-state index < -0.39 is 17.7 Å². The van der Waals surface area contributed by atoms with Crippen LogP contribution in [0.2, 0.25) is 0 Å². The zero-order valence-corrected chi connectivity index (χ0v) is 8.96. The third-order valence-corrected chi connectivity index (χ3v) is 1.34. The van der Waals surface area contributed by atoms with Gasteiger partial charge in [0.1, 0.15) is 0 Å². The Morgan fingerprint density at radius 2 is 1.47 bits per heavy atom. The van der Waals surface area contributed by atoms with Gasteiger partial charge < -0.3 is 4.74 Å². The standard InChI is InChI=1S/C11H14O4/c1-7(2)5-9(12)11(14)15-10(13)6-8(3)4/h1,3,5-6H2,2,4H3. The lowest BCUT2D eigenvalue weighted by atomic mass is 10.2. The van der Waals surface area contributed by atoms with Gasteiger partial charge in [0.05, 0.1) is 6.42 Å². The van der Waals surface area contributed by atoms with Crippen LogP contribution in [0.5, 0.6) is 0 Å². The average Bonchev–Trinajstić information content (AvgIpc) is 2.00. The topological polar surface area (TPSA) is 60.4 Å². The minimum atomic E-state index is -1.13. The second kappa shape index (κ2) is 5.90. The highest BCUT2D eigenvalue weighted by Gasteiger charge is 2.18. The fourth-order valence-electron chi connectivity index (χ4n) is 0.789. The van der Waals surface area contributed by atoms with Crippen LogP contribution >= 0.6 is 0 Å². The van der Waals surface area contributed by atoms with Crippen molar-refractivity contribution in [3.8, 4) is 0 Å². The van der Waals surface area contributed by atoms with Crippen molar-refractivity contribution in [1.29, 1.82) is 0 Å². The van der Waals surface area contributed by atoms with Crippen LogP contribution in [0, 0.1) is 0 Å². The summed E-state index contributed by atoms with van der Waals surface area (Å²) in [4.78, 5) is 33.0. The average molecular weight is 210 g/mol. The molecule has 0 spiro atoms. The van der Waals surface area contributed by atoms with Gasteiger partial charge in [0, 0.05) is 6.42 Å². The molecule has 15 heavy (non-hydrogen) atoms. The maximum Gasteiger partial charge on any atom is 0.382 e. The van der Waals surface area contributed by atoms with Gasteiger partial charge in [-0.3, -0.25) is 9.59 Å². The van der Waals surface area contributed by atoms with E-state index in [4.69, 9.17) is 0 Å². The minimum Gasteiger partial charge on any atom is -0.387 e. The molecule has 0 aromatic rings. The number of allylic oxidation sites excluding steroid dienone is 1. The van der Waals surface area contributed by atoms with E-state index in [1.54, 1.807) is 13.8 Å². The Kier molecular flexibility index (Phi) is 5.23. The molecule has 0 rings (SSSR count). The zero-order chi connectivity index (χ0) is 12.0. The number of hydrogen-bond donors (Lipinski definition) is 0. The van der Waals surface area contributed by atoms with Gasteiger partial charge in [-0.15, -0.1) is 0 Å². The lowest BCUT2D eigenvalue weighted by Gasteiger charge is -2.01. The highest BCUT2D eigenvalue weighted by molar-refractivity contribution is 6.35. The maximum absolute atomic E-state index is 11.1. The number of ether oxygens (including phenoxy) is 1. The van der Waals surface area contributed by atoms with Crippen LogP contribution in [0.15, 0.2) is 24.3 Å². The molecule has 0 amide bonds. The summed E-state index contributed by atoms with van der Waals surface area (Å²) in [6, 6.07) is 0. The quantitative estimate of drug-likeness (QED) is 0.299. The highest BCUT2D eigenvalue weighted by Crippen LogP contribution is 2.01. The van der Waals surface area contributed by atoms with E-state index >= 15 is 0 Å². The maximum atomic E-state index is 11.1. The molecule has 0 bridgehead atoms. The third-order valence-electron chi connectivity index (χ3n) is 1.34. The van der Waals surface area contributed by atoms with Gasteiger partial charge in [-0.05, 0) is 13.8 Å². The van der Waals surface area contributed by atoms with E-state index in [0.29, 0.717) is 11.1 Å². The molecule has 0 aliphatic rings. The molecule has 4 heteroatoms. The van der Waals surface area contributed by atoms with Gasteiger partial charge in [0.25, 0.3) is 0 Å².